The van der Waals surface area contributed by atoms with E-state index in [1.807, 2.05) is 63.2 Å². The summed E-state index contributed by atoms with van der Waals surface area (Å²) in [7, 11) is -2.12. The van der Waals surface area contributed by atoms with E-state index >= 15 is 0 Å². The van der Waals surface area contributed by atoms with Crippen LogP contribution in [0, 0.1) is 6.92 Å². The van der Waals surface area contributed by atoms with Crippen molar-refractivity contribution in [3.63, 3.8) is 0 Å². The molecule has 0 saturated carbocycles. The Hall–Kier alpha value is -2.68. The quantitative estimate of drug-likeness (QED) is 0.356. The van der Waals surface area contributed by atoms with E-state index in [4.69, 9.17) is 9.26 Å². The van der Waals surface area contributed by atoms with Gasteiger partial charge in [0.05, 0.1) is 10.5 Å². The van der Waals surface area contributed by atoms with Crippen LogP contribution in [-0.4, -0.2) is 51.2 Å². The zero-order valence-corrected chi connectivity index (χ0v) is 20.6. The summed E-state index contributed by atoms with van der Waals surface area (Å²) in [4.78, 5) is 2.33. The standard InChI is InChI=1S/C25H33N3O4S/c1-5-27(6-2)25-23(24(26-32-25)21-11-8-7-9-12-21)19-28(17-10-18-31-4)33(29,30)22-15-13-20(3)14-16-22/h7-9,11-16H,5-6,10,17-19H2,1-4H3. The molecule has 0 unspecified atom stereocenters. The molecule has 7 nitrogen and oxygen atoms in total. The van der Waals surface area contributed by atoms with Gasteiger partial charge in [0.1, 0.15) is 5.69 Å². The number of benzene rings is 2. The van der Waals surface area contributed by atoms with Gasteiger partial charge in [-0.1, -0.05) is 53.2 Å². The number of rotatable bonds is 12. The number of sulfonamides is 1. The first-order chi connectivity index (χ1) is 15.9. The van der Waals surface area contributed by atoms with Crippen molar-refractivity contribution in [2.24, 2.45) is 0 Å². The zero-order valence-electron chi connectivity index (χ0n) is 19.8. The maximum atomic E-state index is 13.7. The Kier molecular flexibility index (Phi) is 8.66. The summed E-state index contributed by atoms with van der Waals surface area (Å²) in [5.41, 5.74) is 3.32. The van der Waals surface area contributed by atoms with Crippen molar-refractivity contribution in [3.8, 4) is 11.3 Å². The average Bonchev–Trinajstić information content (AvgIpc) is 3.23. The van der Waals surface area contributed by atoms with Crippen molar-refractivity contribution in [1.29, 1.82) is 0 Å². The highest BCUT2D eigenvalue weighted by Crippen LogP contribution is 2.33. The molecule has 1 heterocycles. The van der Waals surface area contributed by atoms with E-state index in [1.54, 1.807) is 19.2 Å². The minimum absolute atomic E-state index is 0.152. The monoisotopic (exact) mass is 471 g/mol. The lowest BCUT2D eigenvalue weighted by atomic mass is 10.1. The summed E-state index contributed by atoms with van der Waals surface area (Å²) in [6, 6.07) is 16.7. The number of methoxy groups -OCH3 is 1. The minimum atomic E-state index is -3.74. The lowest BCUT2D eigenvalue weighted by Crippen LogP contribution is -2.33. The third-order valence-electron chi connectivity index (χ3n) is 5.61. The highest BCUT2D eigenvalue weighted by atomic mass is 32.2. The fraction of sp³-hybridized carbons (Fsp3) is 0.400. The van der Waals surface area contributed by atoms with Crippen LogP contribution >= 0.6 is 0 Å². The van der Waals surface area contributed by atoms with Crippen LogP contribution < -0.4 is 4.90 Å². The fourth-order valence-electron chi connectivity index (χ4n) is 3.73. The van der Waals surface area contributed by atoms with Crippen LogP contribution in [0.1, 0.15) is 31.4 Å². The number of anilines is 1. The molecule has 8 heteroatoms. The number of aromatic nitrogens is 1. The molecule has 0 amide bonds. The molecule has 0 bridgehead atoms. The van der Waals surface area contributed by atoms with Crippen LogP contribution in [0.4, 0.5) is 5.88 Å². The molecule has 0 aliphatic rings. The summed E-state index contributed by atoms with van der Waals surface area (Å²) in [5.74, 6) is 0.606. The molecule has 0 spiro atoms. The fourth-order valence-corrected chi connectivity index (χ4v) is 5.18. The molecule has 3 rings (SSSR count). The van der Waals surface area contributed by atoms with E-state index in [0.29, 0.717) is 31.2 Å². The molecule has 1 aromatic heterocycles. The number of hydrogen-bond acceptors (Lipinski definition) is 6. The van der Waals surface area contributed by atoms with Gasteiger partial charge in [0.15, 0.2) is 0 Å². The molecular weight excluding hydrogens is 438 g/mol. The minimum Gasteiger partial charge on any atom is -0.385 e. The summed E-state index contributed by atoms with van der Waals surface area (Å²) < 4.78 is 39.8. The van der Waals surface area contributed by atoms with Crippen molar-refractivity contribution in [2.75, 3.05) is 38.3 Å². The third-order valence-corrected chi connectivity index (χ3v) is 7.47. The van der Waals surface area contributed by atoms with Crippen molar-refractivity contribution in [3.05, 3.63) is 65.7 Å². The lowest BCUT2D eigenvalue weighted by molar-refractivity contribution is 0.186. The van der Waals surface area contributed by atoms with Gasteiger partial charge >= 0.3 is 0 Å². The molecule has 178 valence electrons. The van der Waals surface area contributed by atoms with Crippen LogP contribution in [0.15, 0.2) is 64.0 Å². The van der Waals surface area contributed by atoms with Crippen molar-refractivity contribution in [1.82, 2.24) is 9.46 Å². The van der Waals surface area contributed by atoms with Crippen molar-refractivity contribution < 1.29 is 17.7 Å². The summed E-state index contributed by atoms with van der Waals surface area (Å²) in [6.45, 7) is 8.41. The Labute approximate surface area is 197 Å². The summed E-state index contributed by atoms with van der Waals surface area (Å²) >= 11 is 0. The van der Waals surface area contributed by atoms with E-state index in [2.05, 4.69) is 10.1 Å². The number of nitrogens with zero attached hydrogens (tertiary/aromatic N) is 3. The van der Waals surface area contributed by atoms with E-state index < -0.39 is 10.0 Å². The molecule has 0 aliphatic carbocycles. The van der Waals surface area contributed by atoms with Gasteiger partial charge in [-0.05, 0) is 39.3 Å². The first-order valence-corrected chi connectivity index (χ1v) is 12.7. The van der Waals surface area contributed by atoms with Gasteiger partial charge in [0.2, 0.25) is 15.9 Å². The second kappa shape index (κ2) is 11.4. The summed E-state index contributed by atoms with van der Waals surface area (Å²) in [6.07, 6.45) is 0.578. The Morgan fingerprint density at radius 3 is 2.27 bits per heavy atom. The second-order valence-corrected chi connectivity index (χ2v) is 9.79. The Morgan fingerprint density at radius 1 is 1.00 bits per heavy atom. The van der Waals surface area contributed by atoms with Crippen LogP contribution in [-0.2, 0) is 21.3 Å². The molecule has 0 radical (unpaired) electrons. The van der Waals surface area contributed by atoms with Gasteiger partial charge in [-0.3, -0.25) is 0 Å². The predicted octanol–water partition coefficient (Wildman–Crippen LogP) is 4.72. The van der Waals surface area contributed by atoms with Crippen LogP contribution in [0.2, 0.25) is 0 Å². The second-order valence-electron chi connectivity index (χ2n) is 7.85. The van der Waals surface area contributed by atoms with Gasteiger partial charge in [0, 0.05) is 45.5 Å². The van der Waals surface area contributed by atoms with Crippen LogP contribution in [0.5, 0.6) is 0 Å². The van der Waals surface area contributed by atoms with Crippen molar-refractivity contribution >= 4 is 15.9 Å². The van der Waals surface area contributed by atoms with E-state index in [-0.39, 0.29) is 11.4 Å². The van der Waals surface area contributed by atoms with Gasteiger partial charge < -0.3 is 14.2 Å². The van der Waals surface area contributed by atoms with E-state index in [9.17, 15) is 8.42 Å². The molecule has 3 aromatic rings. The topological polar surface area (TPSA) is 75.9 Å². The SMILES string of the molecule is CCN(CC)c1onc(-c2ccccc2)c1CN(CCCOC)S(=O)(=O)c1ccc(C)cc1. The number of aryl methyl sites for hydroxylation is 1. The third kappa shape index (κ3) is 5.82. The van der Waals surface area contributed by atoms with Crippen LogP contribution in [0.25, 0.3) is 11.3 Å². The maximum Gasteiger partial charge on any atom is 0.243 e. The molecule has 0 atom stereocenters. The molecule has 33 heavy (non-hydrogen) atoms. The van der Waals surface area contributed by atoms with Gasteiger partial charge in [0.25, 0.3) is 0 Å². The number of hydrogen-bond donors (Lipinski definition) is 0. The maximum absolute atomic E-state index is 13.7. The largest absolute Gasteiger partial charge is 0.385 e. The Balaban J connectivity index is 2.07. The highest BCUT2D eigenvalue weighted by molar-refractivity contribution is 7.89. The molecule has 0 N–H and O–H groups in total. The van der Waals surface area contributed by atoms with Gasteiger partial charge in [-0.25, -0.2) is 8.42 Å². The average molecular weight is 472 g/mol. The zero-order chi connectivity index (χ0) is 23.8. The first-order valence-electron chi connectivity index (χ1n) is 11.3. The van der Waals surface area contributed by atoms with Gasteiger partial charge in [-0.2, -0.15) is 4.31 Å². The van der Waals surface area contributed by atoms with E-state index in [0.717, 1.165) is 29.8 Å². The molecule has 0 fully saturated rings. The smallest absolute Gasteiger partial charge is 0.243 e. The Morgan fingerprint density at radius 2 is 1.67 bits per heavy atom. The normalized spacial score (nSPS) is 11.8. The van der Waals surface area contributed by atoms with Gasteiger partial charge in [-0.15, -0.1) is 0 Å². The molecule has 2 aromatic carbocycles. The highest BCUT2D eigenvalue weighted by Gasteiger charge is 2.29. The molecule has 0 saturated heterocycles. The first kappa shape index (κ1) is 25.0. The van der Waals surface area contributed by atoms with E-state index in [1.165, 1.54) is 4.31 Å². The van der Waals surface area contributed by atoms with Crippen molar-refractivity contribution in [2.45, 2.75) is 38.6 Å². The molecule has 0 aliphatic heterocycles. The molecular formula is C25H33N3O4S. The number of ether oxygens (including phenoxy) is 1. The van der Waals surface area contributed by atoms with Crippen LogP contribution in [0.3, 0.4) is 0 Å². The summed E-state index contributed by atoms with van der Waals surface area (Å²) in [5, 5.41) is 4.36. The lowest BCUT2D eigenvalue weighted by Gasteiger charge is -2.24. The predicted molar refractivity (Wildman–Crippen MR) is 131 cm³/mol. The Bertz CT molecular complexity index is 1110.